The number of oxazole rings is 1. The quantitative estimate of drug-likeness (QED) is 0.254. The molecule has 5 aromatic rings. The van der Waals surface area contributed by atoms with Gasteiger partial charge >= 0.3 is 0 Å². The van der Waals surface area contributed by atoms with Crippen molar-refractivity contribution in [3.8, 4) is 0 Å². The van der Waals surface area contributed by atoms with Crippen LogP contribution in [-0.4, -0.2) is 18.1 Å². The third-order valence-electron chi connectivity index (χ3n) is 6.97. The van der Waals surface area contributed by atoms with E-state index in [1.165, 1.54) is 28.8 Å². The van der Waals surface area contributed by atoms with Gasteiger partial charge in [0.05, 0.1) is 0 Å². The molecule has 37 heavy (non-hydrogen) atoms. The fourth-order valence-electron chi connectivity index (χ4n) is 5.24. The van der Waals surface area contributed by atoms with E-state index in [0.717, 1.165) is 30.0 Å². The van der Waals surface area contributed by atoms with Crippen molar-refractivity contribution in [1.29, 1.82) is 0 Å². The van der Waals surface area contributed by atoms with Crippen LogP contribution in [0, 0.1) is 0 Å². The Hall–Kier alpha value is -3.94. The van der Waals surface area contributed by atoms with Gasteiger partial charge in [-0.1, -0.05) is 84.9 Å². The topological polar surface area (TPSA) is 29.3 Å². The second-order valence-corrected chi connectivity index (χ2v) is 12.6. The van der Waals surface area contributed by atoms with E-state index in [-0.39, 0.29) is 0 Å². The maximum absolute atomic E-state index is 6.65. The van der Waals surface area contributed by atoms with Gasteiger partial charge in [0.1, 0.15) is 15.9 Å². The summed E-state index contributed by atoms with van der Waals surface area (Å²) >= 11 is 0. The minimum absolute atomic E-state index is 0.646. The van der Waals surface area contributed by atoms with Crippen LogP contribution in [0.5, 0.6) is 0 Å². The van der Waals surface area contributed by atoms with Gasteiger partial charge in [0.2, 0.25) is 5.89 Å². The first-order valence-corrected chi connectivity index (χ1v) is 14.7. The summed E-state index contributed by atoms with van der Waals surface area (Å²) < 4.78 is 6.65. The first kappa shape index (κ1) is 23.5. The van der Waals surface area contributed by atoms with E-state index in [1.54, 1.807) is 0 Å². The maximum Gasteiger partial charge on any atom is 0.262 e. The Balaban J connectivity index is 1.64. The van der Waals surface area contributed by atoms with Crippen LogP contribution in [0.2, 0.25) is 0 Å². The molecule has 0 radical (unpaired) electrons. The average Bonchev–Trinajstić information content (AvgIpc) is 3.66. The summed E-state index contributed by atoms with van der Waals surface area (Å²) in [5.74, 6) is 1.56. The third-order valence-corrected chi connectivity index (χ3v) is 11.1. The molecule has 4 heteroatoms. The van der Waals surface area contributed by atoms with Gasteiger partial charge in [0, 0.05) is 19.2 Å². The molecule has 2 heterocycles. The minimum atomic E-state index is -2.35. The Bertz CT molecular complexity index is 1360. The minimum Gasteiger partial charge on any atom is -0.417 e. The van der Waals surface area contributed by atoms with Crippen molar-refractivity contribution in [3.05, 3.63) is 133 Å². The molecule has 4 aromatic carbocycles. The largest absolute Gasteiger partial charge is 0.417 e. The molecular weight excluding hydrogens is 471 g/mol. The molecule has 0 unspecified atom stereocenters. The second kappa shape index (κ2) is 10.6. The smallest absolute Gasteiger partial charge is 0.262 e. The van der Waals surface area contributed by atoms with Crippen molar-refractivity contribution in [2.24, 2.45) is 0 Å². The van der Waals surface area contributed by atoms with Gasteiger partial charge in [-0.2, -0.15) is 4.98 Å². The Morgan fingerprint density at radius 2 is 1.05 bits per heavy atom. The van der Waals surface area contributed by atoms with E-state index >= 15 is 0 Å². The summed E-state index contributed by atoms with van der Waals surface area (Å²) in [5.41, 5.74) is 2.17. The summed E-state index contributed by atoms with van der Waals surface area (Å²) in [6.45, 7) is 1.98. The molecule has 0 amide bonds. The van der Waals surface area contributed by atoms with Gasteiger partial charge < -0.3 is 9.32 Å². The van der Waals surface area contributed by atoms with Gasteiger partial charge in [-0.05, 0) is 60.9 Å². The van der Waals surface area contributed by atoms with E-state index in [2.05, 4.69) is 114 Å². The summed E-state index contributed by atoms with van der Waals surface area (Å²) in [7, 11) is -2.35. The van der Waals surface area contributed by atoms with E-state index in [0.29, 0.717) is 5.89 Å². The van der Waals surface area contributed by atoms with Crippen molar-refractivity contribution in [2.45, 2.75) is 12.8 Å². The highest BCUT2D eigenvalue weighted by Gasteiger charge is 2.53. The van der Waals surface area contributed by atoms with Crippen molar-refractivity contribution in [3.63, 3.8) is 0 Å². The van der Waals surface area contributed by atoms with Crippen LogP contribution in [-0.2, 0) is 0 Å². The average molecular weight is 502 g/mol. The normalized spacial score (nSPS) is 13.9. The molecule has 0 saturated carbocycles. The first-order chi connectivity index (χ1) is 18.4. The lowest BCUT2D eigenvalue weighted by Gasteiger charge is -2.27. The molecule has 1 aromatic heterocycles. The Labute approximate surface area is 219 Å². The monoisotopic (exact) mass is 501 g/mol. The van der Waals surface area contributed by atoms with E-state index in [4.69, 9.17) is 9.40 Å². The summed E-state index contributed by atoms with van der Waals surface area (Å²) in [6.07, 6.45) is 6.43. The highest BCUT2D eigenvalue weighted by Crippen LogP contribution is 2.56. The molecule has 0 spiro atoms. The lowest BCUT2D eigenvalue weighted by Crippen LogP contribution is -2.41. The first-order valence-electron chi connectivity index (χ1n) is 12.9. The predicted octanol–water partition coefficient (Wildman–Crippen LogP) is 6.06. The van der Waals surface area contributed by atoms with Crippen LogP contribution in [0.4, 0.5) is 5.88 Å². The molecule has 1 aliphatic rings. The maximum atomic E-state index is 6.65. The standard InChI is InChI=1S/C33H30N2OP/c1-5-15-27(16-6-1)23-24-31-34-32(33(36-31)35-25-13-14-26-35)37(28-17-7-2-8-18-28,29-19-9-3-10-20-29)30-21-11-4-12-22-30/h1-12,15-24H,13-14,25-26H2/q+1/b24-23+. The molecule has 1 aliphatic heterocycles. The number of hydrogen-bond acceptors (Lipinski definition) is 3. The number of nitrogens with zero attached hydrogens (tertiary/aromatic N) is 2. The van der Waals surface area contributed by atoms with Crippen LogP contribution in [0.15, 0.2) is 126 Å². The van der Waals surface area contributed by atoms with Gasteiger partial charge in [-0.25, -0.2) is 0 Å². The molecule has 0 atom stereocenters. The van der Waals surface area contributed by atoms with Crippen molar-refractivity contribution in [1.82, 2.24) is 4.98 Å². The zero-order chi connectivity index (χ0) is 24.9. The highest BCUT2D eigenvalue weighted by molar-refractivity contribution is 8.01. The van der Waals surface area contributed by atoms with Crippen molar-refractivity contribution in [2.75, 3.05) is 18.0 Å². The van der Waals surface area contributed by atoms with Gasteiger partial charge in [-0.15, -0.1) is 0 Å². The van der Waals surface area contributed by atoms with Crippen LogP contribution >= 0.6 is 7.26 Å². The summed E-state index contributed by atoms with van der Waals surface area (Å²) in [5, 5.41) is 3.83. The molecule has 0 bridgehead atoms. The molecule has 182 valence electrons. The SMILES string of the molecule is C(=C\c1nc([P+](c2ccccc2)(c2ccccc2)c2ccccc2)c(N2CCCC2)o1)/c1ccccc1. The number of aromatic nitrogens is 1. The van der Waals surface area contributed by atoms with Gasteiger partial charge in [-0.3, -0.25) is 0 Å². The second-order valence-electron chi connectivity index (χ2n) is 9.30. The van der Waals surface area contributed by atoms with Crippen LogP contribution in [0.1, 0.15) is 24.3 Å². The predicted molar refractivity (Wildman–Crippen MR) is 158 cm³/mol. The lowest BCUT2D eigenvalue weighted by molar-refractivity contribution is 0.539. The molecule has 0 N–H and O–H groups in total. The van der Waals surface area contributed by atoms with Crippen LogP contribution < -0.4 is 26.2 Å². The molecular formula is C33H30N2OP+. The fraction of sp³-hybridized carbons (Fsp3) is 0.121. The Morgan fingerprint density at radius 3 is 1.54 bits per heavy atom. The van der Waals surface area contributed by atoms with Gasteiger partial charge in [0.25, 0.3) is 11.3 Å². The molecule has 0 aliphatic carbocycles. The zero-order valence-corrected chi connectivity index (χ0v) is 21.7. The van der Waals surface area contributed by atoms with Crippen molar-refractivity contribution < 1.29 is 4.42 Å². The Morgan fingerprint density at radius 1 is 0.595 bits per heavy atom. The molecule has 1 fully saturated rings. The number of rotatable bonds is 7. The molecule has 3 nitrogen and oxygen atoms in total. The number of anilines is 1. The van der Waals surface area contributed by atoms with E-state index < -0.39 is 7.26 Å². The lowest BCUT2D eigenvalue weighted by atomic mass is 10.2. The highest BCUT2D eigenvalue weighted by atomic mass is 31.2. The van der Waals surface area contributed by atoms with Gasteiger partial charge in [0.15, 0.2) is 7.26 Å². The zero-order valence-electron chi connectivity index (χ0n) is 20.8. The summed E-state index contributed by atoms with van der Waals surface area (Å²) in [4.78, 5) is 7.72. The van der Waals surface area contributed by atoms with E-state index in [9.17, 15) is 0 Å². The number of benzene rings is 4. The van der Waals surface area contributed by atoms with E-state index in [1.807, 2.05) is 24.3 Å². The number of hydrogen-bond donors (Lipinski definition) is 0. The van der Waals surface area contributed by atoms with Crippen LogP contribution in [0.3, 0.4) is 0 Å². The summed E-state index contributed by atoms with van der Waals surface area (Å²) in [6, 6.07) is 43.0. The molecule has 6 rings (SSSR count). The fourth-order valence-corrected chi connectivity index (χ4v) is 9.44. The molecule has 1 saturated heterocycles. The third kappa shape index (κ3) is 4.52. The van der Waals surface area contributed by atoms with Crippen LogP contribution in [0.25, 0.3) is 12.2 Å². The van der Waals surface area contributed by atoms with Crippen molar-refractivity contribution >= 4 is 46.6 Å². The Kier molecular flexibility index (Phi) is 6.71.